The van der Waals surface area contributed by atoms with Crippen molar-refractivity contribution in [3.8, 4) is 0 Å². The highest BCUT2D eigenvalue weighted by Crippen LogP contribution is 2.17. The van der Waals surface area contributed by atoms with Gasteiger partial charge in [0.1, 0.15) is 12.2 Å². The van der Waals surface area contributed by atoms with Crippen molar-refractivity contribution < 1.29 is 0 Å². The number of hydrogen-bond donors (Lipinski definition) is 0. The number of aromatic nitrogens is 3. The minimum absolute atomic E-state index is 0.643. The standard InChI is InChI=1S/C9H15BrN4/c1-13-9(11-7-12-13)6-14-4-2-3-8(10)5-14/h7-8H,2-6H2,1H3. The van der Waals surface area contributed by atoms with Gasteiger partial charge in [-0.15, -0.1) is 0 Å². The molecule has 1 fully saturated rings. The van der Waals surface area contributed by atoms with Crippen LogP contribution in [0.5, 0.6) is 0 Å². The quantitative estimate of drug-likeness (QED) is 0.748. The Hall–Kier alpha value is -0.420. The zero-order valence-corrected chi connectivity index (χ0v) is 9.94. The Labute approximate surface area is 92.4 Å². The van der Waals surface area contributed by atoms with Gasteiger partial charge in [0.05, 0.1) is 6.54 Å². The molecule has 1 aliphatic heterocycles. The number of likely N-dealkylation sites (tertiary alicyclic amines) is 1. The average Bonchev–Trinajstić information content (AvgIpc) is 2.52. The van der Waals surface area contributed by atoms with Gasteiger partial charge >= 0.3 is 0 Å². The van der Waals surface area contributed by atoms with Gasteiger partial charge in [-0.05, 0) is 19.4 Å². The van der Waals surface area contributed by atoms with Crippen molar-refractivity contribution >= 4 is 15.9 Å². The van der Waals surface area contributed by atoms with Gasteiger partial charge in [-0.25, -0.2) is 4.98 Å². The van der Waals surface area contributed by atoms with E-state index in [1.807, 2.05) is 11.7 Å². The fraction of sp³-hybridized carbons (Fsp3) is 0.778. The zero-order valence-electron chi connectivity index (χ0n) is 8.36. The van der Waals surface area contributed by atoms with E-state index in [2.05, 4.69) is 30.9 Å². The first-order valence-electron chi connectivity index (χ1n) is 4.95. The van der Waals surface area contributed by atoms with Gasteiger partial charge in [0.2, 0.25) is 0 Å². The van der Waals surface area contributed by atoms with Crippen LogP contribution in [-0.4, -0.2) is 37.6 Å². The molecule has 1 unspecified atom stereocenters. The molecule has 0 radical (unpaired) electrons. The normalized spacial score (nSPS) is 24.0. The maximum Gasteiger partial charge on any atom is 0.140 e. The Kier molecular flexibility index (Phi) is 3.18. The molecule has 2 heterocycles. The van der Waals surface area contributed by atoms with Crippen molar-refractivity contribution in [3.05, 3.63) is 12.2 Å². The number of piperidine rings is 1. The van der Waals surface area contributed by atoms with Crippen molar-refractivity contribution in [2.45, 2.75) is 24.2 Å². The third kappa shape index (κ3) is 2.33. The second-order valence-corrected chi connectivity index (χ2v) is 5.07. The molecule has 1 aliphatic rings. The van der Waals surface area contributed by atoms with E-state index in [-0.39, 0.29) is 0 Å². The Morgan fingerprint density at radius 3 is 3.14 bits per heavy atom. The van der Waals surface area contributed by atoms with E-state index in [4.69, 9.17) is 0 Å². The van der Waals surface area contributed by atoms with Gasteiger partial charge in [0.25, 0.3) is 0 Å². The summed E-state index contributed by atoms with van der Waals surface area (Å²) >= 11 is 3.67. The van der Waals surface area contributed by atoms with Gasteiger partial charge in [0, 0.05) is 18.4 Å². The summed E-state index contributed by atoms with van der Waals surface area (Å²) in [6, 6.07) is 0. The molecular formula is C9H15BrN4. The van der Waals surface area contributed by atoms with Crippen molar-refractivity contribution in [2.75, 3.05) is 13.1 Å². The number of halogens is 1. The van der Waals surface area contributed by atoms with E-state index in [1.54, 1.807) is 6.33 Å². The number of alkyl halides is 1. The third-order valence-electron chi connectivity index (χ3n) is 2.62. The predicted molar refractivity (Wildman–Crippen MR) is 58.2 cm³/mol. The molecule has 1 saturated heterocycles. The first kappa shape index (κ1) is 10.1. The lowest BCUT2D eigenvalue weighted by atomic mass is 10.1. The van der Waals surface area contributed by atoms with Crippen LogP contribution in [0.1, 0.15) is 18.7 Å². The van der Waals surface area contributed by atoms with Gasteiger partial charge in [0.15, 0.2) is 0 Å². The molecule has 78 valence electrons. The molecule has 14 heavy (non-hydrogen) atoms. The maximum absolute atomic E-state index is 4.23. The molecule has 5 heteroatoms. The van der Waals surface area contributed by atoms with Crippen LogP contribution in [0.2, 0.25) is 0 Å². The van der Waals surface area contributed by atoms with Crippen LogP contribution in [0.25, 0.3) is 0 Å². The van der Waals surface area contributed by atoms with Crippen molar-refractivity contribution in [1.29, 1.82) is 0 Å². The number of aryl methyl sites for hydroxylation is 1. The minimum Gasteiger partial charge on any atom is -0.295 e. The SMILES string of the molecule is Cn1ncnc1CN1CCCC(Br)C1. The lowest BCUT2D eigenvalue weighted by Crippen LogP contribution is -2.35. The molecule has 0 spiro atoms. The van der Waals surface area contributed by atoms with Gasteiger partial charge in [-0.2, -0.15) is 5.10 Å². The highest BCUT2D eigenvalue weighted by atomic mass is 79.9. The molecular weight excluding hydrogens is 244 g/mol. The summed E-state index contributed by atoms with van der Waals surface area (Å²) in [5, 5.41) is 4.07. The first-order valence-corrected chi connectivity index (χ1v) is 5.86. The second kappa shape index (κ2) is 4.40. The van der Waals surface area contributed by atoms with E-state index < -0.39 is 0 Å². The fourth-order valence-corrected chi connectivity index (χ4v) is 2.54. The summed E-state index contributed by atoms with van der Waals surface area (Å²) in [6.45, 7) is 3.21. The lowest BCUT2D eigenvalue weighted by molar-refractivity contribution is 0.220. The topological polar surface area (TPSA) is 34.0 Å². The molecule has 0 saturated carbocycles. The Bertz CT molecular complexity index is 299. The number of rotatable bonds is 2. The largest absolute Gasteiger partial charge is 0.295 e. The van der Waals surface area contributed by atoms with Crippen LogP contribution in [0.15, 0.2) is 6.33 Å². The highest BCUT2D eigenvalue weighted by molar-refractivity contribution is 9.09. The van der Waals surface area contributed by atoms with E-state index in [0.29, 0.717) is 4.83 Å². The Morgan fingerprint density at radius 1 is 1.64 bits per heavy atom. The van der Waals surface area contributed by atoms with Crippen molar-refractivity contribution in [2.24, 2.45) is 7.05 Å². The molecule has 1 atom stereocenters. The fourth-order valence-electron chi connectivity index (χ4n) is 1.81. The Balaban J connectivity index is 1.94. The molecule has 4 nitrogen and oxygen atoms in total. The van der Waals surface area contributed by atoms with Gasteiger partial charge in [-0.1, -0.05) is 15.9 Å². The molecule has 2 rings (SSSR count). The zero-order chi connectivity index (χ0) is 9.97. The molecule has 0 aromatic carbocycles. The summed E-state index contributed by atoms with van der Waals surface area (Å²) in [5.41, 5.74) is 0. The van der Waals surface area contributed by atoms with E-state index in [9.17, 15) is 0 Å². The van der Waals surface area contributed by atoms with Crippen LogP contribution in [-0.2, 0) is 13.6 Å². The monoisotopic (exact) mass is 258 g/mol. The summed E-state index contributed by atoms with van der Waals surface area (Å²) in [5.74, 6) is 1.05. The van der Waals surface area contributed by atoms with E-state index in [0.717, 1.165) is 18.9 Å². The average molecular weight is 259 g/mol. The van der Waals surface area contributed by atoms with E-state index >= 15 is 0 Å². The van der Waals surface area contributed by atoms with Crippen LogP contribution in [0.4, 0.5) is 0 Å². The minimum atomic E-state index is 0.643. The van der Waals surface area contributed by atoms with Crippen molar-refractivity contribution in [3.63, 3.8) is 0 Å². The number of hydrogen-bond acceptors (Lipinski definition) is 3. The maximum atomic E-state index is 4.23. The summed E-state index contributed by atoms with van der Waals surface area (Å²) in [7, 11) is 1.94. The predicted octanol–water partition coefficient (Wildman–Crippen LogP) is 1.17. The van der Waals surface area contributed by atoms with Crippen LogP contribution in [0.3, 0.4) is 0 Å². The van der Waals surface area contributed by atoms with Crippen LogP contribution in [0, 0.1) is 0 Å². The molecule has 0 N–H and O–H groups in total. The van der Waals surface area contributed by atoms with Crippen molar-refractivity contribution in [1.82, 2.24) is 19.7 Å². The smallest absolute Gasteiger partial charge is 0.140 e. The summed E-state index contributed by atoms with van der Waals surface area (Å²) in [4.78, 5) is 7.30. The van der Waals surface area contributed by atoms with E-state index in [1.165, 1.54) is 19.4 Å². The molecule has 0 bridgehead atoms. The summed E-state index contributed by atoms with van der Waals surface area (Å²) < 4.78 is 1.85. The van der Waals surface area contributed by atoms with Crippen LogP contribution < -0.4 is 0 Å². The molecule has 0 aliphatic carbocycles. The molecule has 1 aromatic heterocycles. The second-order valence-electron chi connectivity index (χ2n) is 3.77. The van der Waals surface area contributed by atoms with Gasteiger partial charge in [-0.3, -0.25) is 9.58 Å². The molecule has 1 aromatic rings. The number of nitrogens with zero attached hydrogens (tertiary/aromatic N) is 4. The third-order valence-corrected chi connectivity index (χ3v) is 3.37. The first-order chi connectivity index (χ1) is 6.75. The molecule has 0 amide bonds. The lowest BCUT2D eigenvalue weighted by Gasteiger charge is -2.29. The highest BCUT2D eigenvalue weighted by Gasteiger charge is 2.18. The Morgan fingerprint density at radius 2 is 2.50 bits per heavy atom. The van der Waals surface area contributed by atoms with Crippen LogP contribution >= 0.6 is 15.9 Å². The summed E-state index contributed by atoms with van der Waals surface area (Å²) in [6.07, 6.45) is 4.17. The van der Waals surface area contributed by atoms with Gasteiger partial charge < -0.3 is 0 Å².